The largest absolute Gasteiger partial charge is 0.504 e. The van der Waals surface area contributed by atoms with Crippen molar-refractivity contribution in [2.75, 3.05) is 0 Å². The molecule has 0 aliphatic carbocycles. The second-order valence-electron chi connectivity index (χ2n) is 5.35. The number of phenolic OH excluding ortho intramolecular Hbond substituents is 2. The van der Waals surface area contributed by atoms with Crippen LogP contribution >= 0.6 is 0 Å². The van der Waals surface area contributed by atoms with E-state index in [4.69, 9.17) is 4.42 Å². The Morgan fingerprint density at radius 3 is 2.39 bits per heavy atom. The highest BCUT2D eigenvalue weighted by atomic mass is 16.3. The number of aromatic hydroxyl groups is 2. The van der Waals surface area contributed by atoms with Crippen molar-refractivity contribution >= 4 is 21.7 Å². The quantitative estimate of drug-likeness (QED) is 0.411. The molecule has 112 valence electrons. The molecule has 4 nitrogen and oxygen atoms in total. The maximum atomic E-state index is 12.9. The molecule has 0 unspecified atom stereocenters. The number of fused-ring (bicyclic) bond motifs is 3. The minimum Gasteiger partial charge on any atom is -0.504 e. The topological polar surface area (TPSA) is 70.7 Å². The van der Waals surface area contributed by atoms with Crippen LogP contribution in [-0.2, 0) is 0 Å². The van der Waals surface area contributed by atoms with Crippen LogP contribution in [0, 0.1) is 0 Å². The summed E-state index contributed by atoms with van der Waals surface area (Å²) in [4.78, 5) is 12.9. The monoisotopic (exact) mass is 304 g/mol. The van der Waals surface area contributed by atoms with Crippen LogP contribution in [-0.4, -0.2) is 10.2 Å². The SMILES string of the molecule is O=c1c(-c2ccccc2)coc2ccc3cc(O)c(O)cc3c12. The minimum absolute atomic E-state index is 0.173. The third-order valence-electron chi connectivity index (χ3n) is 3.94. The average Bonchev–Trinajstić information content (AvgIpc) is 2.57. The zero-order valence-corrected chi connectivity index (χ0v) is 12.0. The maximum absolute atomic E-state index is 12.9. The van der Waals surface area contributed by atoms with Gasteiger partial charge in [-0.15, -0.1) is 0 Å². The van der Waals surface area contributed by atoms with E-state index >= 15 is 0 Å². The Morgan fingerprint density at radius 1 is 0.870 bits per heavy atom. The van der Waals surface area contributed by atoms with Gasteiger partial charge in [0.25, 0.3) is 0 Å². The Labute approximate surface area is 130 Å². The summed E-state index contributed by atoms with van der Waals surface area (Å²) in [6, 6.07) is 15.5. The summed E-state index contributed by atoms with van der Waals surface area (Å²) >= 11 is 0. The molecule has 4 rings (SSSR count). The number of rotatable bonds is 1. The van der Waals surface area contributed by atoms with E-state index in [9.17, 15) is 15.0 Å². The summed E-state index contributed by atoms with van der Waals surface area (Å²) in [6.07, 6.45) is 1.45. The average molecular weight is 304 g/mol. The van der Waals surface area contributed by atoms with Gasteiger partial charge in [0, 0.05) is 5.39 Å². The van der Waals surface area contributed by atoms with Crippen molar-refractivity contribution in [3.63, 3.8) is 0 Å². The molecule has 0 aliphatic heterocycles. The zero-order chi connectivity index (χ0) is 16.0. The maximum Gasteiger partial charge on any atom is 0.201 e. The first-order valence-corrected chi connectivity index (χ1v) is 7.11. The van der Waals surface area contributed by atoms with Crippen molar-refractivity contribution in [3.05, 3.63) is 71.1 Å². The molecule has 0 fully saturated rings. The lowest BCUT2D eigenvalue weighted by atomic mass is 10.0. The third kappa shape index (κ3) is 2.04. The van der Waals surface area contributed by atoms with E-state index in [0.717, 1.165) is 5.56 Å². The number of phenols is 2. The Balaban J connectivity index is 2.15. The molecular formula is C19H12O4. The molecule has 1 aromatic heterocycles. The van der Waals surface area contributed by atoms with Gasteiger partial charge in [-0.1, -0.05) is 36.4 Å². The summed E-state index contributed by atoms with van der Waals surface area (Å²) in [5.74, 6) is -0.491. The highest BCUT2D eigenvalue weighted by Gasteiger charge is 2.13. The molecule has 4 heteroatoms. The standard InChI is InChI=1S/C19H12O4/c20-15-8-12-6-7-17-18(13(12)9-16(15)21)19(22)14(10-23-17)11-4-2-1-3-5-11/h1-10,20-21H. The van der Waals surface area contributed by atoms with Gasteiger partial charge in [-0.3, -0.25) is 4.79 Å². The van der Waals surface area contributed by atoms with Gasteiger partial charge < -0.3 is 14.6 Å². The van der Waals surface area contributed by atoms with Gasteiger partial charge in [0.1, 0.15) is 11.8 Å². The van der Waals surface area contributed by atoms with Crippen molar-refractivity contribution < 1.29 is 14.6 Å². The molecule has 23 heavy (non-hydrogen) atoms. The Bertz CT molecular complexity index is 1100. The second-order valence-corrected chi connectivity index (χ2v) is 5.35. The van der Waals surface area contributed by atoms with Crippen LogP contribution in [0.4, 0.5) is 0 Å². The molecule has 2 N–H and O–H groups in total. The molecule has 4 aromatic rings. The van der Waals surface area contributed by atoms with Crippen molar-refractivity contribution in [2.24, 2.45) is 0 Å². The van der Waals surface area contributed by atoms with Crippen molar-refractivity contribution in [1.29, 1.82) is 0 Å². The zero-order valence-electron chi connectivity index (χ0n) is 12.0. The van der Waals surface area contributed by atoms with Crippen molar-refractivity contribution in [3.8, 4) is 22.6 Å². The van der Waals surface area contributed by atoms with Crippen molar-refractivity contribution in [2.45, 2.75) is 0 Å². The summed E-state index contributed by atoms with van der Waals surface area (Å²) in [6.45, 7) is 0. The van der Waals surface area contributed by atoms with E-state index in [0.29, 0.717) is 27.3 Å². The lowest BCUT2D eigenvalue weighted by Gasteiger charge is -2.07. The Kier molecular flexibility index (Phi) is 2.84. The van der Waals surface area contributed by atoms with Gasteiger partial charge >= 0.3 is 0 Å². The van der Waals surface area contributed by atoms with E-state index in [1.165, 1.54) is 18.4 Å². The molecule has 3 aromatic carbocycles. The normalized spacial score (nSPS) is 11.1. The van der Waals surface area contributed by atoms with Gasteiger partial charge in [0.2, 0.25) is 5.43 Å². The van der Waals surface area contributed by atoms with Crippen LogP contribution in [0.5, 0.6) is 11.5 Å². The third-order valence-corrected chi connectivity index (χ3v) is 3.94. The van der Waals surface area contributed by atoms with Crippen LogP contribution in [0.3, 0.4) is 0 Å². The molecule has 1 heterocycles. The lowest BCUT2D eigenvalue weighted by Crippen LogP contribution is -2.05. The van der Waals surface area contributed by atoms with E-state index in [1.54, 1.807) is 12.1 Å². The fourth-order valence-electron chi connectivity index (χ4n) is 2.79. The van der Waals surface area contributed by atoms with Gasteiger partial charge in [0.15, 0.2) is 11.5 Å². The molecule has 0 saturated carbocycles. The molecule has 0 bridgehead atoms. The summed E-state index contributed by atoms with van der Waals surface area (Å²) in [5.41, 5.74) is 1.49. The molecule has 0 amide bonds. The predicted molar refractivity (Wildman–Crippen MR) is 88.8 cm³/mol. The highest BCUT2D eigenvalue weighted by Crippen LogP contribution is 2.33. The molecule has 0 spiro atoms. The van der Waals surface area contributed by atoms with Crippen molar-refractivity contribution in [1.82, 2.24) is 0 Å². The fourth-order valence-corrected chi connectivity index (χ4v) is 2.79. The van der Waals surface area contributed by atoms with Gasteiger partial charge in [0.05, 0.1) is 10.9 Å². The second kappa shape index (κ2) is 4.88. The first kappa shape index (κ1) is 13.4. The fraction of sp³-hybridized carbons (Fsp3) is 0. The molecule has 0 saturated heterocycles. The van der Waals surface area contributed by atoms with Gasteiger partial charge in [-0.2, -0.15) is 0 Å². The summed E-state index contributed by atoms with van der Waals surface area (Å²) < 4.78 is 5.61. The summed E-state index contributed by atoms with van der Waals surface area (Å²) in [7, 11) is 0. The smallest absolute Gasteiger partial charge is 0.201 e. The number of hydrogen-bond donors (Lipinski definition) is 2. The predicted octanol–water partition coefficient (Wildman–Crippen LogP) is 4.02. The molecular weight excluding hydrogens is 292 g/mol. The van der Waals surface area contributed by atoms with Gasteiger partial charge in [-0.25, -0.2) is 0 Å². The molecule has 0 atom stereocenters. The number of hydrogen-bond acceptors (Lipinski definition) is 4. The Morgan fingerprint density at radius 2 is 1.61 bits per heavy atom. The molecule has 0 aliphatic rings. The molecule has 0 radical (unpaired) electrons. The van der Waals surface area contributed by atoms with Crippen LogP contribution in [0.25, 0.3) is 32.9 Å². The first-order valence-electron chi connectivity index (χ1n) is 7.11. The van der Waals surface area contributed by atoms with Crippen LogP contribution in [0.2, 0.25) is 0 Å². The Hall–Kier alpha value is -3.27. The van der Waals surface area contributed by atoms with Gasteiger partial charge in [-0.05, 0) is 29.1 Å². The van der Waals surface area contributed by atoms with Crippen LogP contribution in [0.1, 0.15) is 0 Å². The van der Waals surface area contributed by atoms with E-state index < -0.39 is 0 Å². The highest BCUT2D eigenvalue weighted by molar-refractivity contribution is 6.07. The van der Waals surface area contributed by atoms with Crippen LogP contribution in [0.15, 0.2) is 70.1 Å². The first-order chi connectivity index (χ1) is 11.1. The van der Waals surface area contributed by atoms with E-state index in [-0.39, 0.29) is 16.9 Å². The minimum atomic E-state index is -0.269. The lowest BCUT2D eigenvalue weighted by molar-refractivity contribution is 0.405. The number of benzene rings is 3. The van der Waals surface area contributed by atoms with E-state index in [2.05, 4.69) is 0 Å². The summed E-state index contributed by atoms with van der Waals surface area (Å²) in [5, 5.41) is 21.0. The van der Waals surface area contributed by atoms with Crippen LogP contribution < -0.4 is 5.43 Å². The van der Waals surface area contributed by atoms with E-state index in [1.807, 2.05) is 30.3 Å².